The van der Waals surface area contributed by atoms with Crippen LogP contribution in [0.25, 0.3) is 0 Å². The zero-order valence-electron chi connectivity index (χ0n) is 11.5. The molecule has 0 bridgehead atoms. The molecule has 0 fully saturated rings. The number of para-hydroxylation sites is 1. The summed E-state index contributed by atoms with van der Waals surface area (Å²) in [4.78, 5) is 0. The van der Waals surface area contributed by atoms with E-state index in [2.05, 4.69) is 5.32 Å². The third kappa shape index (κ3) is 3.71. The van der Waals surface area contributed by atoms with Crippen LogP contribution in [0.2, 0.25) is 5.02 Å². The average molecular weight is 294 g/mol. The second-order valence-electron chi connectivity index (χ2n) is 4.78. The molecule has 0 aliphatic heterocycles. The van der Waals surface area contributed by atoms with Crippen LogP contribution in [0.4, 0.5) is 4.39 Å². The zero-order valence-corrected chi connectivity index (χ0v) is 12.2. The fourth-order valence-corrected chi connectivity index (χ4v) is 1.99. The summed E-state index contributed by atoms with van der Waals surface area (Å²) in [5, 5.41) is 3.89. The molecule has 0 unspecified atom stereocenters. The lowest BCUT2D eigenvalue weighted by Crippen LogP contribution is -2.22. The first kappa shape index (κ1) is 14.8. The first-order valence-corrected chi connectivity index (χ1v) is 6.89. The Kier molecular flexibility index (Phi) is 4.99. The topological polar surface area (TPSA) is 21.3 Å². The normalized spacial score (nSPS) is 10.8. The van der Waals surface area contributed by atoms with Crippen LogP contribution >= 0.6 is 11.6 Å². The van der Waals surface area contributed by atoms with Crippen LogP contribution in [0.15, 0.2) is 42.5 Å². The summed E-state index contributed by atoms with van der Waals surface area (Å²) in [6, 6.07) is 12.0. The highest BCUT2D eigenvalue weighted by Gasteiger charge is 2.11. The molecule has 0 aliphatic carbocycles. The summed E-state index contributed by atoms with van der Waals surface area (Å²) in [6.07, 6.45) is 0. The molecule has 2 aromatic rings. The van der Waals surface area contributed by atoms with Gasteiger partial charge in [-0.15, -0.1) is 0 Å². The number of nitrogens with one attached hydrogen (secondary N) is 1. The monoisotopic (exact) mass is 293 g/mol. The van der Waals surface area contributed by atoms with Gasteiger partial charge in [0.15, 0.2) is 11.6 Å². The maximum Gasteiger partial charge on any atom is 0.165 e. The Labute approximate surface area is 123 Å². The second kappa shape index (κ2) is 6.73. The number of ether oxygens (including phenoxy) is 1. The molecule has 0 amide bonds. The van der Waals surface area contributed by atoms with Crippen LogP contribution in [0.1, 0.15) is 19.4 Å². The van der Waals surface area contributed by atoms with Crippen molar-refractivity contribution in [3.63, 3.8) is 0 Å². The van der Waals surface area contributed by atoms with Crippen LogP contribution in [0.5, 0.6) is 11.5 Å². The van der Waals surface area contributed by atoms with Gasteiger partial charge in [0.1, 0.15) is 5.75 Å². The van der Waals surface area contributed by atoms with Gasteiger partial charge >= 0.3 is 0 Å². The summed E-state index contributed by atoms with van der Waals surface area (Å²) < 4.78 is 19.3. The summed E-state index contributed by atoms with van der Waals surface area (Å²) >= 11 is 6.21. The van der Waals surface area contributed by atoms with E-state index in [1.165, 1.54) is 6.07 Å². The SMILES string of the molecule is CC(C)NCc1c(Cl)cccc1Oc1ccccc1F. The molecule has 106 valence electrons. The van der Waals surface area contributed by atoms with E-state index in [0.717, 1.165) is 5.56 Å². The molecule has 0 aliphatic rings. The molecule has 2 rings (SSSR count). The minimum atomic E-state index is -0.393. The van der Waals surface area contributed by atoms with Gasteiger partial charge in [-0.1, -0.05) is 43.6 Å². The number of hydrogen-bond donors (Lipinski definition) is 1. The van der Waals surface area contributed by atoms with E-state index < -0.39 is 5.82 Å². The predicted octanol–water partition coefficient (Wildman–Crippen LogP) is 4.77. The molecular formula is C16H17ClFNO. The molecule has 2 aromatic carbocycles. The van der Waals surface area contributed by atoms with E-state index in [1.807, 2.05) is 13.8 Å². The van der Waals surface area contributed by atoms with E-state index in [0.29, 0.717) is 23.4 Å². The molecule has 0 aromatic heterocycles. The molecule has 1 N–H and O–H groups in total. The largest absolute Gasteiger partial charge is 0.454 e. The molecule has 0 spiro atoms. The van der Waals surface area contributed by atoms with Gasteiger partial charge < -0.3 is 10.1 Å². The zero-order chi connectivity index (χ0) is 14.5. The minimum absolute atomic E-state index is 0.195. The Bertz CT molecular complexity index is 586. The van der Waals surface area contributed by atoms with Crippen LogP contribution in [-0.2, 0) is 6.54 Å². The number of hydrogen-bond acceptors (Lipinski definition) is 2. The van der Waals surface area contributed by atoms with Crippen LogP contribution in [-0.4, -0.2) is 6.04 Å². The highest BCUT2D eigenvalue weighted by Crippen LogP contribution is 2.31. The highest BCUT2D eigenvalue weighted by atomic mass is 35.5. The second-order valence-corrected chi connectivity index (χ2v) is 5.19. The molecule has 0 saturated carbocycles. The summed E-state index contributed by atoms with van der Waals surface area (Å²) in [5.41, 5.74) is 0.825. The third-order valence-electron chi connectivity index (χ3n) is 2.82. The summed E-state index contributed by atoms with van der Waals surface area (Å²) in [6.45, 7) is 4.67. The summed E-state index contributed by atoms with van der Waals surface area (Å²) in [7, 11) is 0. The first-order chi connectivity index (χ1) is 9.58. The smallest absolute Gasteiger partial charge is 0.165 e. The molecule has 0 atom stereocenters. The molecular weight excluding hydrogens is 277 g/mol. The van der Waals surface area contributed by atoms with Gasteiger partial charge in [-0.05, 0) is 24.3 Å². The standard InChI is InChI=1S/C16H17ClFNO/c1-11(2)19-10-12-13(17)6-5-9-15(12)20-16-8-4-3-7-14(16)18/h3-9,11,19H,10H2,1-2H3. The van der Waals surface area contributed by atoms with Crippen LogP contribution < -0.4 is 10.1 Å². The van der Waals surface area contributed by atoms with Crippen molar-refractivity contribution >= 4 is 11.6 Å². The van der Waals surface area contributed by atoms with E-state index in [9.17, 15) is 4.39 Å². The maximum atomic E-state index is 13.6. The Morgan fingerprint density at radius 3 is 2.50 bits per heavy atom. The number of halogens is 2. The van der Waals surface area contributed by atoms with Crippen molar-refractivity contribution in [1.82, 2.24) is 5.32 Å². The Balaban J connectivity index is 2.27. The van der Waals surface area contributed by atoms with E-state index in [4.69, 9.17) is 16.3 Å². The van der Waals surface area contributed by atoms with E-state index >= 15 is 0 Å². The molecule has 0 saturated heterocycles. The lowest BCUT2D eigenvalue weighted by Gasteiger charge is -2.15. The molecule has 0 radical (unpaired) electrons. The van der Waals surface area contributed by atoms with Gasteiger partial charge in [0.05, 0.1) is 0 Å². The Hall–Kier alpha value is -1.58. The molecule has 4 heteroatoms. The van der Waals surface area contributed by atoms with Crippen molar-refractivity contribution in [2.45, 2.75) is 26.4 Å². The van der Waals surface area contributed by atoms with Gasteiger partial charge in [-0.3, -0.25) is 0 Å². The van der Waals surface area contributed by atoms with E-state index in [-0.39, 0.29) is 5.75 Å². The fourth-order valence-electron chi connectivity index (χ4n) is 1.76. The van der Waals surface area contributed by atoms with Gasteiger partial charge in [0.2, 0.25) is 0 Å². The Morgan fingerprint density at radius 2 is 1.80 bits per heavy atom. The van der Waals surface area contributed by atoms with Crippen LogP contribution in [0, 0.1) is 5.82 Å². The number of benzene rings is 2. The van der Waals surface area contributed by atoms with Gasteiger partial charge in [-0.25, -0.2) is 4.39 Å². The van der Waals surface area contributed by atoms with E-state index in [1.54, 1.807) is 36.4 Å². The highest BCUT2D eigenvalue weighted by molar-refractivity contribution is 6.31. The first-order valence-electron chi connectivity index (χ1n) is 6.51. The van der Waals surface area contributed by atoms with Crippen molar-refractivity contribution in [2.75, 3.05) is 0 Å². The fraction of sp³-hybridized carbons (Fsp3) is 0.250. The van der Waals surface area contributed by atoms with Crippen LogP contribution in [0.3, 0.4) is 0 Å². The summed E-state index contributed by atoms with van der Waals surface area (Å²) in [5.74, 6) is 0.367. The van der Waals surface area contributed by atoms with Gasteiger partial charge in [0.25, 0.3) is 0 Å². The average Bonchev–Trinajstić information content (AvgIpc) is 2.40. The maximum absolute atomic E-state index is 13.6. The van der Waals surface area contributed by atoms with Crippen molar-refractivity contribution in [3.05, 3.63) is 58.9 Å². The molecule has 0 heterocycles. The van der Waals surface area contributed by atoms with Crippen molar-refractivity contribution < 1.29 is 9.13 Å². The molecule has 20 heavy (non-hydrogen) atoms. The van der Waals surface area contributed by atoms with Crippen molar-refractivity contribution in [2.24, 2.45) is 0 Å². The third-order valence-corrected chi connectivity index (χ3v) is 3.17. The number of rotatable bonds is 5. The quantitative estimate of drug-likeness (QED) is 0.857. The predicted molar refractivity (Wildman–Crippen MR) is 79.9 cm³/mol. The van der Waals surface area contributed by atoms with Crippen molar-refractivity contribution in [1.29, 1.82) is 0 Å². The Morgan fingerprint density at radius 1 is 1.10 bits per heavy atom. The van der Waals surface area contributed by atoms with Gasteiger partial charge in [-0.2, -0.15) is 0 Å². The lowest BCUT2D eigenvalue weighted by molar-refractivity contribution is 0.434. The molecule has 2 nitrogen and oxygen atoms in total. The lowest BCUT2D eigenvalue weighted by atomic mass is 10.2. The van der Waals surface area contributed by atoms with Gasteiger partial charge in [0, 0.05) is 23.2 Å². The van der Waals surface area contributed by atoms with Crippen molar-refractivity contribution in [3.8, 4) is 11.5 Å². The minimum Gasteiger partial charge on any atom is -0.454 e.